The summed E-state index contributed by atoms with van der Waals surface area (Å²) in [5, 5.41) is 5.26. The van der Waals surface area contributed by atoms with E-state index in [4.69, 9.17) is 0 Å². The number of sulfonamides is 1. The van der Waals surface area contributed by atoms with Crippen LogP contribution in [0.1, 0.15) is 32.6 Å². The Morgan fingerprint density at radius 3 is 2.21 bits per heavy atom. The van der Waals surface area contributed by atoms with Crippen LogP contribution < -0.4 is 9.62 Å². The molecular formula is C28H28N2O3S. The lowest BCUT2D eigenvalue weighted by Gasteiger charge is -2.25. The fraction of sp³-hybridized carbons (Fsp3) is 0.179. The van der Waals surface area contributed by atoms with Crippen molar-refractivity contribution in [2.24, 2.45) is 0 Å². The third kappa shape index (κ3) is 5.46. The fourth-order valence-corrected chi connectivity index (χ4v) is 4.87. The van der Waals surface area contributed by atoms with E-state index in [0.717, 1.165) is 33.0 Å². The summed E-state index contributed by atoms with van der Waals surface area (Å²) in [5.41, 5.74) is 4.91. The first-order valence-electron chi connectivity index (χ1n) is 11.1. The highest BCUT2D eigenvalue weighted by atomic mass is 32.2. The molecule has 0 spiro atoms. The lowest BCUT2D eigenvalue weighted by Crippen LogP contribution is -2.30. The third-order valence-electron chi connectivity index (χ3n) is 5.84. The van der Waals surface area contributed by atoms with Crippen LogP contribution in [-0.2, 0) is 23.1 Å². The van der Waals surface area contributed by atoms with Crippen molar-refractivity contribution in [1.29, 1.82) is 0 Å². The summed E-state index contributed by atoms with van der Waals surface area (Å²) in [5.74, 6) is -0.172. The number of aryl methyl sites for hydroxylation is 2. The van der Waals surface area contributed by atoms with Gasteiger partial charge in [-0.3, -0.25) is 9.10 Å². The normalized spacial score (nSPS) is 11.4. The van der Waals surface area contributed by atoms with Gasteiger partial charge in [-0.15, -0.1) is 0 Å². The highest BCUT2D eigenvalue weighted by Crippen LogP contribution is 2.26. The SMILES string of the molecule is Cc1ccc(C)c(N(Cc2ccc(C(=O)NCc3ccc4ccccc4c3)cc2)S(C)(=O)=O)c1. The Kier molecular flexibility index (Phi) is 6.70. The Hall–Kier alpha value is -3.64. The maximum atomic E-state index is 12.7. The Balaban J connectivity index is 1.45. The van der Waals surface area contributed by atoms with Crippen molar-refractivity contribution < 1.29 is 13.2 Å². The molecule has 0 heterocycles. The quantitative estimate of drug-likeness (QED) is 0.394. The summed E-state index contributed by atoms with van der Waals surface area (Å²) in [4.78, 5) is 12.7. The predicted octanol–water partition coefficient (Wildman–Crippen LogP) is 5.35. The van der Waals surface area contributed by atoms with Crippen molar-refractivity contribution in [1.82, 2.24) is 5.32 Å². The topological polar surface area (TPSA) is 66.5 Å². The first-order valence-corrected chi connectivity index (χ1v) is 13.0. The molecule has 6 heteroatoms. The maximum Gasteiger partial charge on any atom is 0.251 e. The van der Waals surface area contributed by atoms with Crippen LogP contribution in [0.5, 0.6) is 0 Å². The molecule has 4 aromatic rings. The summed E-state index contributed by atoms with van der Waals surface area (Å²) in [6.45, 7) is 4.46. The molecule has 1 N–H and O–H groups in total. The number of hydrogen-bond acceptors (Lipinski definition) is 3. The zero-order valence-corrected chi connectivity index (χ0v) is 20.4. The van der Waals surface area contributed by atoms with Gasteiger partial charge in [-0.25, -0.2) is 8.42 Å². The molecule has 4 rings (SSSR count). The average molecular weight is 473 g/mol. The molecule has 0 fully saturated rings. The van der Waals surface area contributed by atoms with Gasteiger partial charge in [-0.2, -0.15) is 0 Å². The van der Waals surface area contributed by atoms with E-state index in [1.165, 1.54) is 10.6 Å². The van der Waals surface area contributed by atoms with Crippen LogP contribution in [0.3, 0.4) is 0 Å². The van der Waals surface area contributed by atoms with Gasteiger partial charge in [0.1, 0.15) is 0 Å². The van der Waals surface area contributed by atoms with Crippen LogP contribution in [0.4, 0.5) is 5.69 Å². The average Bonchev–Trinajstić information content (AvgIpc) is 2.82. The minimum Gasteiger partial charge on any atom is -0.348 e. The number of nitrogens with one attached hydrogen (secondary N) is 1. The molecule has 0 atom stereocenters. The first kappa shape index (κ1) is 23.5. The molecule has 0 saturated heterocycles. The number of benzene rings is 4. The number of carbonyl (C=O) groups is 1. The molecule has 0 bridgehead atoms. The molecule has 174 valence electrons. The summed E-state index contributed by atoms with van der Waals surface area (Å²) in [7, 11) is -3.48. The second-order valence-electron chi connectivity index (χ2n) is 8.62. The second kappa shape index (κ2) is 9.69. The van der Waals surface area contributed by atoms with Crippen molar-refractivity contribution in [2.75, 3.05) is 10.6 Å². The van der Waals surface area contributed by atoms with E-state index in [9.17, 15) is 13.2 Å². The number of rotatable bonds is 7. The van der Waals surface area contributed by atoms with E-state index < -0.39 is 10.0 Å². The number of amides is 1. The minimum atomic E-state index is -3.48. The van der Waals surface area contributed by atoms with E-state index in [2.05, 4.69) is 29.6 Å². The molecule has 34 heavy (non-hydrogen) atoms. The van der Waals surface area contributed by atoms with E-state index in [1.807, 2.05) is 50.2 Å². The summed E-state index contributed by atoms with van der Waals surface area (Å²) in [6.07, 6.45) is 1.21. The van der Waals surface area contributed by atoms with E-state index in [-0.39, 0.29) is 12.5 Å². The largest absolute Gasteiger partial charge is 0.348 e. The van der Waals surface area contributed by atoms with Gasteiger partial charge in [0.05, 0.1) is 18.5 Å². The first-order chi connectivity index (χ1) is 16.2. The van der Waals surface area contributed by atoms with Crippen LogP contribution >= 0.6 is 0 Å². The Morgan fingerprint density at radius 1 is 0.824 bits per heavy atom. The Labute approximate surface area is 201 Å². The summed E-state index contributed by atoms with van der Waals surface area (Å²) < 4.78 is 26.5. The van der Waals surface area contributed by atoms with Crippen molar-refractivity contribution in [3.05, 3.63) is 113 Å². The molecule has 5 nitrogen and oxygen atoms in total. The number of hydrogen-bond donors (Lipinski definition) is 1. The van der Waals surface area contributed by atoms with Gasteiger partial charge in [0.2, 0.25) is 10.0 Å². The number of fused-ring (bicyclic) bond motifs is 1. The maximum absolute atomic E-state index is 12.7. The highest BCUT2D eigenvalue weighted by molar-refractivity contribution is 7.92. The van der Waals surface area contributed by atoms with Gasteiger partial charge < -0.3 is 5.32 Å². The molecule has 4 aromatic carbocycles. The van der Waals surface area contributed by atoms with Gasteiger partial charge in [-0.05, 0) is 71.1 Å². The zero-order chi connectivity index (χ0) is 24.3. The standard InChI is InChI=1S/C28H28N2O3S/c1-20-8-9-21(2)27(16-20)30(34(3,32)33)19-22-10-14-25(15-11-22)28(31)29-18-23-12-13-24-6-4-5-7-26(24)17-23/h4-17H,18-19H2,1-3H3,(H,29,31). The summed E-state index contributed by atoms with van der Waals surface area (Å²) >= 11 is 0. The van der Waals surface area contributed by atoms with Crippen molar-refractivity contribution >= 4 is 32.4 Å². The third-order valence-corrected chi connectivity index (χ3v) is 6.97. The van der Waals surface area contributed by atoms with Gasteiger partial charge in [0, 0.05) is 12.1 Å². The minimum absolute atomic E-state index is 0.172. The van der Waals surface area contributed by atoms with Crippen molar-refractivity contribution in [2.45, 2.75) is 26.9 Å². The second-order valence-corrected chi connectivity index (χ2v) is 10.5. The Bertz CT molecular complexity index is 1440. The number of nitrogens with zero attached hydrogens (tertiary/aromatic N) is 1. The van der Waals surface area contributed by atoms with Gasteiger partial charge in [-0.1, -0.05) is 60.7 Å². The molecule has 0 aliphatic carbocycles. The monoisotopic (exact) mass is 472 g/mol. The number of carbonyl (C=O) groups excluding carboxylic acids is 1. The molecule has 0 unspecified atom stereocenters. The fourth-order valence-electron chi connectivity index (χ4n) is 3.93. The lowest BCUT2D eigenvalue weighted by molar-refractivity contribution is 0.0951. The van der Waals surface area contributed by atoms with Crippen LogP contribution in [0, 0.1) is 13.8 Å². The zero-order valence-electron chi connectivity index (χ0n) is 19.6. The Morgan fingerprint density at radius 2 is 1.50 bits per heavy atom. The highest BCUT2D eigenvalue weighted by Gasteiger charge is 2.20. The van der Waals surface area contributed by atoms with E-state index >= 15 is 0 Å². The van der Waals surface area contributed by atoms with Gasteiger partial charge in [0.25, 0.3) is 5.91 Å². The molecule has 0 aliphatic rings. The predicted molar refractivity (Wildman–Crippen MR) is 139 cm³/mol. The number of anilines is 1. The van der Waals surface area contributed by atoms with Crippen molar-refractivity contribution in [3.8, 4) is 0 Å². The van der Waals surface area contributed by atoms with Crippen LogP contribution in [-0.4, -0.2) is 20.6 Å². The van der Waals surface area contributed by atoms with Crippen molar-refractivity contribution in [3.63, 3.8) is 0 Å². The van der Waals surface area contributed by atoms with E-state index in [1.54, 1.807) is 24.3 Å². The molecule has 1 amide bonds. The molecule has 0 saturated carbocycles. The van der Waals surface area contributed by atoms with Crippen LogP contribution in [0.25, 0.3) is 10.8 Å². The molecule has 0 aromatic heterocycles. The van der Waals surface area contributed by atoms with Crippen LogP contribution in [0.15, 0.2) is 84.9 Å². The molecular weight excluding hydrogens is 444 g/mol. The molecule has 0 radical (unpaired) electrons. The summed E-state index contributed by atoms with van der Waals surface area (Å²) in [6, 6.07) is 27.1. The lowest BCUT2D eigenvalue weighted by atomic mass is 10.1. The van der Waals surface area contributed by atoms with Gasteiger partial charge in [0.15, 0.2) is 0 Å². The van der Waals surface area contributed by atoms with Gasteiger partial charge >= 0.3 is 0 Å². The smallest absolute Gasteiger partial charge is 0.251 e. The molecule has 0 aliphatic heterocycles. The van der Waals surface area contributed by atoms with Crippen LogP contribution in [0.2, 0.25) is 0 Å². The van der Waals surface area contributed by atoms with E-state index in [0.29, 0.717) is 17.8 Å².